The summed E-state index contributed by atoms with van der Waals surface area (Å²) >= 11 is 5.90. The first-order valence-corrected chi connectivity index (χ1v) is 9.20. The molecule has 2 rings (SSSR count). The smallest absolute Gasteiger partial charge is 0.319 e. The van der Waals surface area contributed by atoms with Gasteiger partial charge in [0.1, 0.15) is 0 Å². The predicted octanol–water partition coefficient (Wildman–Crippen LogP) is 4.12. The maximum absolute atomic E-state index is 12.0. The molecule has 0 aromatic heterocycles. The van der Waals surface area contributed by atoms with E-state index in [4.69, 9.17) is 11.6 Å². The number of rotatable bonds is 7. The van der Waals surface area contributed by atoms with Crippen LogP contribution >= 0.6 is 11.6 Å². The molecule has 6 nitrogen and oxygen atoms in total. The van der Waals surface area contributed by atoms with Gasteiger partial charge in [-0.15, -0.1) is 0 Å². The molecule has 0 saturated heterocycles. The minimum absolute atomic E-state index is 0.187. The van der Waals surface area contributed by atoms with E-state index in [2.05, 4.69) is 21.3 Å². The lowest BCUT2D eigenvalue weighted by molar-refractivity contribution is 0.239. The van der Waals surface area contributed by atoms with Crippen LogP contribution in [0.2, 0.25) is 5.02 Å². The SMILES string of the molecule is CC(C)CNC(=O)NCc1cccc(CNC(=O)Nc2cccc(Cl)c2)c1. The normalized spacial score (nSPS) is 10.4. The van der Waals surface area contributed by atoms with Crippen molar-refractivity contribution in [2.75, 3.05) is 11.9 Å². The Balaban J connectivity index is 1.79. The summed E-state index contributed by atoms with van der Waals surface area (Å²) in [5.74, 6) is 0.406. The minimum atomic E-state index is -0.311. The molecule has 0 atom stereocenters. The van der Waals surface area contributed by atoms with E-state index in [0.717, 1.165) is 11.1 Å². The first-order valence-electron chi connectivity index (χ1n) is 8.82. The first-order chi connectivity index (χ1) is 12.9. The average molecular weight is 389 g/mol. The number of benzene rings is 2. The predicted molar refractivity (Wildman–Crippen MR) is 109 cm³/mol. The maximum Gasteiger partial charge on any atom is 0.319 e. The molecule has 144 valence electrons. The Morgan fingerprint density at radius 2 is 1.52 bits per heavy atom. The zero-order chi connectivity index (χ0) is 19.6. The van der Waals surface area contributed by atoms with Gasteiger partial charge in [-0.3, -0.25) is 0 Å². The van der Waals surface area contributed by atoms with Crippen LogP contribution in [-0.4, -0.2) is 18.6 Å². The minimum Gasteiger partial charge on any atom is -0.338 e. The highest BCUT2D eigenvalue weighted by Gasteiger charge is 2.04. The molecule has 0 radical (unpaired) electrons. The van der Waals surface area contributed by atoms with Gasteiger partial charge >= 0.3 is 12.1 Å². The number of amides is 4. The summed E-state index contributed by atoms with van der Waals surface area (Å²) in [5.41, 5.74) is 2.53. The van der Waals surface area contributed by atoms with Crippen LogP contribution in [-0.2, 0) is 13.1 Å². The van der Waals surface area contributed by atoms with Crippen molar-refractivity contribution in [2.45, 2.75) is 26.9 Å². The van der Waals surface area contributed by atoms with E-state index >= 15 is 0 Å². The molecule has 0 saturated carbocycles. The lowest BCUT2D eigenvalue weighted by atomic mass is 10.1. The van der Waals surface area contributed by atoms with Crippen LogP contribution in [0.3, 0.4) is 0 Å². The summed E-state index contributed by atoms with van der Waals surface area (Å²) in [6.07, 6.45) is 0. The molecule has 0 aliphatic carbocycles. The molecule has 2 aromatic rings. The zero-order valence-electron chi connectivity index (χ0n) is 15.5. The number of anilines is 1. The Morgan fingerprint density at radius 1 is 0.889 bits per heavy atom. The Hall–Kier alpha value is -2.73. The average Bonchev–Trinajstić information content (AvgIpc) is 2.63. The third-order valence-corrected chi connectivity index (χ3v) is 3.89. The maximum atomic E-state index is 12.0. The van der Waals surface area contributed by atoms with E-state index in [0.29, 0.717) is 36.3 Å². The Labute approximate surface area is 164 Å². The molecule has 4 amide bonds. The number of halogens is 1. The molecule has 0 unspecified atom stereocenters. The van der Waals surface area contributed by atoms with Crippen LogP contribution in [0.4, 0.5) is 15.3 Å². The van der Waals surface area contributed by atoms with Crippen molar-refractivity contribution < 1.29 is 9.59 Å². The van der Waals surface area contributed by atoms with Gasteiger partial charge in [-0.25, -0.2) is 9.59 Å². The number of carbonyl (C=O) groups excluding carboxylic acids is 2. The highest BCUT2D eigenvalue weighted by atomic mass is 35.5. The molecule has 0 spiro atoms. The zero-order valence-corrected chi connectivity index (χ0v) is 16.3. The second-order valence-electron chi connectivity index (χ2n) is 6.60. The van der Waals surface area contributed by atoms with E-state index in [-0.39, 0.29) is 12.1 Å². The second kappa shape index (κ2) is 10.4. The molecule has 27 heavy (non-hydrogen) atoms. The molecule has 0 heterocycles. The van der Waals surface area contributed by atoms with Crippen molar-refractivity contribution in [3.05, 3.63) is 64.7 Å². The van der Waals surface area contributed by atoms with Gasteiger partial charge < -0.3 is 21.3 Å². The van der Waals surface area contributed by atoms with Crippen molar-refractivity contribution in [1.29, 1.82) is 0 Å². The molecule has 7 heteroatoms. The van der Waals surface area contributed by atoms with Crippen LogP contribution in [0.5, 0.6) is 0 Å². The molecule has 0 aliphatic heterocycles. The third kappa shape index (κ3) is 8.00. The van der Waals surface area contributed by atoms with Gasteiger partial charge in [0, 0.05) is 30.3 Å². The Bertz CT molecular complexity index is 780. The topological polar surface area (TPSA) is 82.3 Å². The van der Waals surface area contributed by atoms with E-state index in [1.807, 2.05) is 38.1 Å². The summed E-state index contributed by atoms with van der Waals surface area (Å²) in [7, 11) is 0. The van der Waals surface area contributed by atoms with Crippen LogP contribution in [0.1, 0.15) is 25.0 Å². The summed E-state index contributed by atoms with van der Waals surface area (Å²) in [6, 6.07) is 14.2. The highest BCUT2D eigenvalue weighted by Crippen LogP contribution is 2.14. The fourth-order valence-corrected chi connectivity index (χ4v) is 2.51. The van der Waals surface area contributed by atoms with Gasteiger partial charge in [-0.05, 0) is 35.2 Å². The van der Waals surface area contributed by atoms with E-state index in [1.165, 1.54) is 0 Å². The van der Waals surface area contributed by atoms with Crippen LogP contribution in [0, 0.1) is 5.92 Å². The number of nitrogens with one attached hydrogen (secondary N) is 4. The molecule has 0 bridgehead atoms. The first kappa shape index (κ1) is 20.6. The van der Waals surface area contributed by atoms with E-state index in [9.17, 15) is 9.59 Å². The molecule has 0 fully saturated rings. The van der Waals surface area contributed by atoms with Crippen molar-refractivity contribution in [1.82, 2.24) is 16.0 Å². The van der Waals surface area contributed by atoms with Gasteiger partial charge in [0.05, 0.1) is 0 Å². The summed E-state index contributed by atoms with van der Waals surface area (Å²) in [6.45, 7) is 5.52. The number of urea groups is 2. The number of hydrogen-bond acceptors (Lipinski definition) is 2. The van der Waals surface area contributed by atoms with Gasteiger partial charge in [-0.1, -0.05) is 55.8 Å². The van der Waals surface area contributed by atoms with Crippen LogP contribution < -0.4 is 21.3 Å². The lowest BCUT2D eigenvalue weighted by Gasteiger charge is -2.11. The third-order valence-electron chi connectivity index (χ3n) is 3.65. The summed E-state index contributed by atoms with van der Waals surface area (Å²) in [4.78, 5) is 23.7. The molecule has 0 aliphatic rings. The standard InChI is InChI=1S/C20H25ClN4O2/c1-14(2)11-22-19(26)23-12-15-5-3-6-16(9-15)13-24-20(27)25-18-8-4-7-17(21)10-18/h3-10,14H,11-13H2,1-2H3,(H2,22,23,26)(H2,24,25,27). The van der Waals surface area contributed by atoms with E-state index < -0.39 is 0 Å². The molecular weight excluding hydrogens is 364 g/mol. The van der Waals surface area contributed by atoms with E-state index in [1.54, 1.807) is 24.3 Å². The van der Waals surface area contributed by atoms with Gasteiger partial charge in [0.25, 0.3) is 0 Å². The lowest BCUT2D eigenvalue weighted by Crippen LogP contribution is -2.37. The summed E-state index contributed by atoms with van der Waals surface area (Å²) in [5, 5.41) is 11.7. The van der Waals surface area contributed by atoms with Crippen LogP contribution in [0.15, 0.2) is 48.5 Å². The van der Waals surface area contributed by atoms with Crippen molar-refractivity contribution >= 4 is 29.4 Å². The molecule has 2 aromatic carbocycles. The Morgan fingerprint density at radius 3 is 2.15 bits per heavy atom. The van der Waals surface area contributed by atoms with Crippen molar-refractivity contribution in [3.8, 4) is 0 Å². The molecular formula is C20H25ClN4O2. The second-order valence-corrected chi connectivity index (χ2v) is 7.03. The van der Waals surface area contributed by atoms with Crippen molar-refractivity contribution in [3.63, 3.8) is 0 Å². The van der Waals surface area contributed by atoms with Gasteiger partial charge in [0.15, 0.2) is 0 Å². The fourth-order valence-electron chi connectivity index (χ4n) is 2.32. The quantitative estimate of drug-likeness (QED) is 0.575. The highest BCUT2D eigenvalue weighted by molar-refractivity contribution is 6.30. The van der Waals surface area contributed by atoms with Gasteiger partial charge in [-0.2, -0.15) is 0 Å². The van der Waals surface area contributed by atoms with Crippen LogP contribution in [0.25, 0.3) is 0 Å². The Kier molecular flexibility index (Phi) is 7.95. The molecule has 4 N–H and O–H groups in total. The fraction of sp³-hybridized carbons (Fsp3) is 0.300. The number of hydrogen-bond donors (Lipinski definition) is 4. The van der Waals surface area contributed by atoms with Gasteiger partial charge in [0.2, 0.25) is 0 Å². The number of carbonyl (C=O) groups is 2. The summed E-state index contributed by atoms with van der Waals surface area (Å²) < 4.78 is 0. The monoisotopic (exact) mass is 388 g/mol. The largest absolute Gasteiger partial charge is 0.338 e. The van der Waals surface area contributed by atoms with Crippen molar-refractivity contribution in [2.24, 2.45) is 5.92 Å².